The highest BCUT2D eigenvalue weighted by molar-refractivity contribution is 5.96. The van der Waals surface area contributed by atoms with E-state index in [1.807, 2.05) is 56.3 Å². The summed E-state index contributed by atoms with van der Waals surface area (Å²) in [6, 6.07) is 17.3. The first kappa shape index (κ1) is 19.9. The van der Waals surface area contributed by atoms with Gasteiger partial charge >= 0.3 is 0 Å². The number of carbonyl (C=O) groups excluding carboxylic acids is 1. The van der Waals surface area contributed by atoms with E-state index in [1.165, 1.54) is 23.1 Å². The number of rotatable bonds is 8. The van der Waals surface area contributed by atoms with Crippen molar-refractivity contribution in [3.63, 3.8) is 0 Å². The first-order valence-electron chi connectivity index (χ1n) is 9.96. The van der Waals surface area contributed by atoms with E-state index in [4.69, 9.17) is 4.74 Å². The Morgan fingerprint density at radius 3 is 2.39 bits per heavy atom. The molecule has 3 rings (SSSR count). The minimum Gasteiger partial charge on any atom is -0.489 e. The number of hydrogen-bond donors (Lipinski definition) is 0. The lowest BCUT2D eigenvalue weighted by Gasteiger charge is -2.08. The molecule has 0 unspecified atom stereocenters. The molecule has 0 fully saturated rings. The van der Waals surface area contributed by atoms with E-state index >= 15 is 0 Å². The molecular formula is C24H28N2O2. The molecule has 1 heterocycles. The van der Waals surface area contributed by atoms with Crippen molar-refractivity contribution < 1.29 is 9.53 Å². The van der Waals surface area contributed by atoms with Crippen LogP contribution in [-0.4, -0.2) is 15.7 Å². The van der Waals surface area contributed by atoms with Gasteiger partial charge in [0, 0.05) is 11.3 Å². The number of benzene rings is 2. The van der Waals surface area contributed by atoms with Gasteiger partial charge in [-0.1, -0.05) is 50.1 Å². The highest BCUT2D eigenvalue weighted by atomic mass is 16.5. The molecule has 4 heteroatoms. The Morgan fingerprint density at radius 1 is 1.00 bits per heavy atom. The summed E-state index contributed by atoms with van der Waals surface area (Å²) in [6.07, 6.45) is 4.49. The maximum absolute atomic E-state index is 12.9. The largest absolute Gasteiger partial charge is 0.489 e. The second-order valence-corrected chi connectivity index (χ2v) is 7.12. The zero-order valence-corrected chi connectivity index (χ0v) is 16.9. The van der Waals surface area contributed by atoms with Crippen molar-refractivity contribution in [1.82, 2.24) is 9.78 Å². The molecule has 0 N–H and O–H groups in total. The number of aromatic nitrogens is 2. The lowest BCUT2D eigenvalue weighted by atomic mass is 10.1. The molecular weight excluding hydrogens is 348 g/mol. The van der Waals surface area contributed by atoms with E-state index < -0.39 is 0 Å². The average Bonchev–Trinajstić information content (AvgIpc) is 3.01. The van der Waals surface area contributed by atoms with Gasteiger partial charge in [0.25, 0.3) is 5.91 Å². The van der Waals surface area contributed by atoms with Crippen molar-refractivity contribution in [3.8, 4) is 5.75 Å². The third kappa shape index (κ3) is 4.69. The van der Waals surface area contributed by atoms with Crippen LogP contribution >= 0.6 is 0 Å². The number of carbonyl (C=O) groups is 1. The minimum absolute atomic E-state index is 0.100. The summed E-state index contributed by atoms with van der Waals surface area (Å²) in [6.45, 7) is 6.67. The summed E-state index contributed by atoms with van der Waals surface area (Å²) in [5, 5.41) is 4.50. The standard InChI is InChI=1S/C24H28N2O2/c1-4-5-7-12-23-18(2)25-26(19(23)3)24(27)21-13-15-22(16-14-21)28-17-20-10-8-6-9-11-20/h6,8-11,13-16H,4-5,7,12,17H2,1-3H3. The average molecular weight is 377 g/mol. The van der Waals surface area contributed by atoms with Crippen molar-refractivity contribution in [2.75, 3.05) is 0 Å². The van der Waals surface area contributed by atoms with Crippen LogP contribution in [0.2, 0.25) is 0 Å². The second kappa shape index (κ2) is 9.36. The molecule has 0 radical (unpaired) electrons. The van der Waals surface area contributed by atoms with Crippen LogP contribution in [0.1, 0.15) is 59.1 Å². The Kier molecular flexibility index (Phi) is 6.64. The number of hydrogen-bond acceptors (Lipinski definition) is 3. The van der Waals surface area contributed by atoms with Crippen molar-refractivity contribution in [1.29, 1.82) is 0 Å². The minimum atomic E-state index is -0.100. The summed E-state index contributed by atoms with van der Waals surface area (Å²) < 4.78 is 7.34. The number of nitrogens with zero attached hydrogens (tertiary/aromatic N) is 2. The lowest BCUT2D eigenvalue weighted by Crippen LogP contribution is -2.15. The number of ether oxygens (including phenoxy) is 1. The van der Waals surface area contributed by atoms with Crippen molar-refractivity contribution >= 4 is 5.91 Å². The SMILES string of the molecule is CCCCCc1c(C)nn(C(=O)c2ccc(OCc3ccccc3)cc2)c1C. The van der Waals surface area contributed by atoms with Crippen molar-refractivity contribution in [2.24, 2.45) is 0 Å². The third-order valence-corrected chi connectivity index (χ3v) is 5.01. The third-order valence-electron chi connectivity index (χ3n) is 5.01. The quantitative estimate of drug-likeness (QED) is 0.488. The predicted octanol–water partition coefficient (Wildman–Crippen LogP) is 5.50. The first-order valence-corrected chi connectivity index (χ1v) is 9.96. The normalized spacial score (nSPS) is 10.8. The van der Waals surface area contributed by atoms with E-state index in [9.17, 15) is 4.79 Å². The van der Waals surface area contributed by atoms with Gasteiger partial charge in [-0.15, -0.1) is 0 Å². The van der Waals surface area contributed by atoms with Gasteiger partial charge in [-0.2, -0.15) is 5.10 Å². The van der Waals surface area contributed by atoms with Crippen LogP contribution in [0, 0.1) is 13.8 Å². The number of unbranched alkanes of at least 4 members (excludes halogenated alkanes) is 2. The van der Waals surface area contributed by atoms with Crippen molar-refractivity contribution in [2.45, 2.75) is 53.1 Å². The van der Waals surface area contributed by atoms with Gasteiger partial charge in [0.1, 0.15) is 12.4 Å². The van der Waals surface area contributed by atoms with Crippen LogP contribution < -0.4 is 4.74 Å². The number of aryl methyl sites for hydroxylation is 1. The van der Waals surface area contributed by atoms with Gasteiger partial charge in [0.05, 0.1) is 5.69 Å². The molecule has 0 amide bonds. The topological polar surface area (TPSA) is 44.1 Å². The molecule has 0 aliphatic carbocycles. The molecule has 0 saturated heterocycles. The molecule has 1 aromatic heterocycles. The van der Waals surface area contributed by atoms with Gasteiger partial charge in [-0.3, -0.25) is 4.79 Å². The molecule has 0 atom stereocenters. The van der Waals surface area contributed by atoms with Gasteiger partial charge < -0.3 is 4.74 Å². The van der Waals surface area contributed by atoms with E-state index in [1.54, 1.807) is 12.1 Å². The Morgan fingerprint density at radius 2 is 1.71 bits per heavy atom. The molecule has 0 aliphatic rings. The first-order chi connectivity index (χ1) is 13.6. The maximum atomic E-state index is 12.9. The fourth-order valence-corrected chi connectivity index (χ4v) is 3.34. The lowest BCUT2D eigenvalue weighted by molar-refractivity contribution is 0.0942. The maximum Gasteiger partial charge on any atom is 0.278 e. The van der Waals surface area contributed by atoms with E-state index in [2.05, 4.69) is 12.0 Å². The van der Waals surface area contributed by atoms with Crippen LogP contribution in [0.4, 0.5) is 0 Å². The van der Waals surface area contributed by atoms with E-state index in [-0.39, 0.29) is 5.91 Å². The van der Waals surface area contributed by atoms with Crippen molar-refractivity contribution in [3.05, 3.63) is 82.7 Å². The second-order valence-electron chi connectivity index (χ2n) is 7.12. The fraction of sp³-hybridized carbons (Fsp3) is 0.333. The Bertz CT molecular complexity index is 912. The molecule has 0 saturated carbocycles. The molecule has 0 bridgehead atoms. The summed E-state index contributed by atoms with van der Waals surface area (Å²) in [7, 11) is 0. The summed E-state index contributed by atoms with van der Waals surface area (Å²) >= 11 is 0. The molecule has 4 nitrogen and oxygen atoms in total. The van der Waals surface area contributed by atoms with Crippen LogP contribution in [0.3, 0.4) is 0 Å². The predicted molar refractivity (Wildman–Crippen MR) is 112 cm³/mol. The zero-order valence-electron chi connectivity index (χ0n) is 16.9. The molecule has 28 heavy (non-hydrogen) atoms. The van der Waals surface area contributed by atoms with Gasteiger partial charge in [-0.05, 0) is 62.1 Å². The molecule has 3 aromatic rings. The van der Waals surface area contributed by atoms with Crippen LogP contribution in [0.5, 0.6) is 5.75 Å². The monoisotopic (exact) mass is 376 g/mol. The van der Waals surface area contributed by atoms with Gasteiger partial charge in [-0.25, -0.2) is 4.68 Å². The van der Waals surface area contributed by atoms with E-state index in [0.717, 1.165) is 35.5 Å². The van der Waals surface area contributed by atoms with E-state index in [0.29, 0.717) is 12.2 Å². The summed E-state index contributed by atoms with van der Waals surface area (Å²) in [4.78, 5) is 12.9. The van der Waals surface area contributed by atoms with Gasteiger partial charge in [0.2, 0.25) is 0 Å². The summed E-state index contributed by atoms with van der Waals surface area (Å²) in [5.74, 6) is 0.644. The van der Waals surface area contributed by atoms with Gasteiger partial charge in [0.15, 0.2) is 0 Å². The Balaban J connectivity index is 1.68. The van der Waals surface area contributed by atoms with Crippen LogP contribution in [0.25, 0.3) is 0 Å². The Hall–Kier alpha value is -2.88. The highest BCUT2D eigenvalue weighted by Crippen LogP contribution is 2.19. The highest BCUT2D eigenvalue weighted by Gasteiger charge is 2.17. The fourth-order valence-electron chi connectivity index (χ4n) is 3.34. The van der Waals surface area contributed by atoms with Crippen LogP contribution in [-0.2, 0) is 13.0 Å². The smallest absolute Gasteiger partial charge is 0.278 e. The molecule has 0 spiro atoms. The molecule has 2 aromatic carbocycles. The molecule has 146 valence electrons. The zero-order chi connectivity index (χ0) is 19.9. The molecule has 0 aliphatic heterocycles. The summed E-state index contributed by atoms with van der Waals surface area (Å²) in [5.41, 5.74) is 4.82. The van der Waals surface area contributed by atoms with Crippen LogP contribution in [0.15, 0.2) is 54.6 Å². The Labute approximate surface area is 167 Å².